The molecule has 2 N–H and O–H groups in total. The lowest BCUT2D eigenvalue weighted by molar-refractivity contribution is -0.133. The maximum Gasteiger partial charge on any atom is 0.314 e. The Labute approximate surface area is 133 Å². The van der Waals surface area contributed by atoms with E-state index < -0.39 is 11.8 Å². The molecule has 0 aromatic heterocycles. The second-order valence-corrected chi connectivity index (χ2v) is 5.06. The van der Waals surface area contributed by atoms with Gasteiger partial charge < -0.3 is 15.4 Å². The van der Waals surface area contributed by atoms with Crippen molar-refractivity contribution in [3.63, 3.8) is 0 Å². The molecule has 0 fully saturated rings. The Morgan fingerprint density at radius 2 is 1.77 bits per heavy atom. The Morgan fingerprint density at radius 1 is 1.05 bits per heavy atom. The largest absolute Gasteiger partial charge is 0.495 e. The van der Waals surface area contributed by atoms with Crippen LogP contribution in [0.1, 0.15) is 5.56 Å². The summed E-state index contributed by atoms with van der Waals surface area (Å²) in [6, 6.07) is 11.8. The van der Waals surface area contributed by atoms with E-state index in [1.807, 2.05) is 13.0 Å². The third kappa shape index (κ3) is 3.99. The van der Waals surface area contributed by atoms with Gasteiger partial charge in [-0.2, -0.15) is 0 Å². The van der Waals surface area contributed by atoms with Gasteiger partial charge in [0.2, 0.25) is 0 Å². The van der Waals surface area contributed by atoms with Crippen LogP contribution in [0.25, 0.3) is 0 Å². The number of benzene rings is 2. The molecule has 5 nitrogen and oxygen atoms in total. The van der Waals surface area contributed by atoms with Crippen LogP contribution >= 0.6 is 11.6 Å². The van der Waals surface area contributed by atoms with Crippen molar-refractivity contribution in [2.75, 3.05) is 17.7 Å². The van der Waals surface area contributed by atoms with E-state index in [4.69, 9.17) is 16.3 Å². The van der Waals surface area contributed by atoms with E-state index in [2.05, 4.69) is 10.6 Å². The summed E-state index contributed by atoms with van der Waals surface area (Å²) in [5.74, 6) is -1.09. The molecule has 0 heterocycles. The first-order chi connectivity index (χ1) is 10.5. The zero-order valence-corrected chi connectivity index (χ0v) is 12.9. The lowest BCUT2D eigenvalue weighted by Crippen LogP contribution is -2.29. The van der Waals surface area contributed by atoms with Crippen LogP contribution in [0, 0.1) is 6.92 Å². The summed E-state index contributed by atoms with van der Waals surface area (Å²) in [5.41, 5.74) is 1.82. The first kappa shape index (κ1) is 15.9. The summed E-state index contributed by atoms with van der Waals surface area (Å²) in [6.45, 7) is 1.88. The molecule has 2 aromatic rings. The van der Waals surface area contributed by atoms with Crippen molar-refractivity contribution in [1.29, 1.82) is 0 Å². The number of carbonyl (C=O) groups excluding carboxylic acids is 2. The highest BCUT2D eigenvalue weighted by Gasteiger charge is 2.16. The fraction of sp³-hybridized carbons (Fsp3) is 0.125. The third-order valence-electron chi connectivity index (χ3n) is 2.89. The van der Waals surface area contributed by atoms with Gasteiger partial charge in [-0.05, 0) is 42.8 Å². The Balaban J connectivity index is 2.09. The molecular formula is C16H15ClN2O3. The first-order valence-electron chi connectivity index (χ1n) is 6.52. The van der Waals surface area contributed by atoms with Crippen LogP contribution in [0.15, 0.2) is 42.5 Å². The van der Waals surface area contributed by atoms with Crippen LogP contribution in [0.2, 0.25) is 5.02 Å². The Kier molecular flexibility index (Phi) is 5.01. The minimum Gasteiger partial charge on any atom is -0.495 e. The van der Waals surface area contributed by atoms with Crippen LogP contribution in [-0.2, 0) is 9.59 Å². The molecule has 2 amide bonds. The molecule has 0 unspecified atom stereocenters. The summed E-state index contributed by atoms with van der Waals surface area (Å²) in [5, 5.41) is 5.48. The monoisotopic (exact) mass is 318 g/mol. The van der Waals surface area contributed by atoms with Crippen molar-refractivity contribution in [2.24, 2.45) is 0 Å². The number of methoxy groups -OCH3 is 1. The molecule has 0 aliphatic heterocycles. The predicted molar refractivity (Wildman–Crippen MR) is 86.4 cm³/mol. The molecule has 2 rings (SSSR count). The lowest BCUT2D eigenvalue weighted by Gasteiger charge is -2.11. The summed E-state index contributed by atoms with van der Waals surface area (Å²) in [7, 11) is 1.49. The normalized spacial score (nSPS) is 9.95. The van der Waals surface area contributed by atoms with Crippen LogP contribution in [0.5, 0.6) is 5.75 Å². The maximum atomic E-state index is 12.0. The molecule has 0 spiro atoms. The maximum absolute atomic E-state index is 12.0. The number of hydrogen-bond acceptors (Lipinski definition) is 3. The molecule has 0 aliphatic carbocycles. The minimum atomic E-state index is -0.788. The molecule has 0 saturated heterocycles. The van der Waals surface area contributed by atoms with E-state index in [1.54, 1.807) is 36.4 Å². The number of ether oxygens (including phenoxy) is 1. The number of amides is 2. The van der Waals surface area contributed by atoms with Gasteiger partial charge in [-0.15, -0.1) is 0 Å². The smallest absolute Gasteiger partial charge is 0.314 e. The van der Waals surface area contributed by atoms with Gasteiger partial charge in [-0.1, -0.05) is 23.7 Å². The van der Waals surface area contributed by atoms with Crippen molar-refractivity contribution in [2.45, 2.75) is 6.92 Å². The van der Waals surface area contributed by atoms with Crippen molar-refractivity contribution < 1.29 is 14.3 Å². The highest BCUT2D eigenvalue weighted by molar-refractivity contribution is 6.44. The number of anilines is 2. The molecule has 0 aliphatic rings. The molecular weight excluding hydrogens is 304 g/mol. The number of halogens is 1. The summed E-state index contributed by atoms with van der Waals surface area (Å²) in [4.78, 5) is 23.9. The van der Waals surface area contributed by atoms with Crippen LogP contribution in [-0.4, -0.2) is 18.9 Å². The van der Waals surface area contributed by atoms with E-state index in [-0.39, 0.29) is 0 Å². The van der Waals surface area contributed by atoms with E-state index >= 15 is 0 Å². The Bertz CT molecular complexity index is 716. The predicted octanol–water partition coefficient (Wildman–Crippen LogP) is 3.23. The molecule has 0 atom stereocenters. The molecule has 6 heteroatoms. The summed E-state index contributed by atoms with van der Waals surface area (Å²) >= 11 is 5.83. The van der Waals surface area contributed by atoms with Gasteiger partial charge in [0.1, 0.15) is 5.75 Å². The van der Waals surface area contributed by atoms with Gasteiger partial charge in [0.25, 0.3) is 0 Å². The first-order valence-corrected chi connectivity index (χ1v) is 6.90. The average molecular weight is 319 g/mol. The molecule has 0 bridgehead atoms. The highest BCUT2D eigenvalue weighted by Crippen LogP contribution is 2.25. The lowest BCUT2D eigenvalue weighted by atomic mass is 10.2. The van der Waals surface area contributed by atoms with E-state index in [9.17, 15) is 9.59 Å². The van der Waals surface area contributed by atoms with Gasteiger partial charge in [-0.25, -0.2) is 0 Å². The van der Waals surface area contributed by atoms with E-state index in [0.717, 1.165) is 5.56 Å². The Hall–Kier alpha value is -2.53. The molecule has 0 radical (unpaired) electrons. The van der Waals surface area contributed by atoms with Gasteiger partial charge in [0.15, 0.2) is 0 Å². The van der Waals surface area contributed by atoms with Crippen LogP contribution in [0.3, 0.4) is 0 Å². The number of aryl methyl sites for hydroxylation is 1. The summed E-state index contributed by atoms with van der Waals surface area (Å²) < 4.78 is 5.15. The zero-order chi connectivity index (χ0) is 16.1. The molecule has 22 heavy (non-hydrogen) atoms. The van der Waals surface area contributed by atoms with E-state index in [0.29, 0.717) is 22.1 Å². The topological polar surface area (TPSA) is 67.4 Å². The number of rotatable bonds is 3. The van der Waals surface area contributed by atoms with Crippen molar-refractivity contribution in [3.05, 3.63) is 53.1 Å². The van der Waals surface area contributed by atoms with Gasteiger partial charge in [-0.3, -0.25) is 9.59 Å². The zero-order valence-electron chi connectivity index (χ0n) is 12.1. The second kappa shape index (κ2) is 6.95. The van der Waals surface area contributed by atoms with Crippen LogP contribution in [0.4, 0.5) is 11.4 Å². The van der Waals surface area contributed by atoms with Crippen molar-refractivity contribution in [1.82, 2.24) is 0 Å². The third-order valence-corrected chi connectivity index (χ3v) is 3.13. The van der Waals surface area contributed by atoms with Crippen molar-refractivity contribution >= 4 is 34.8 Å². The van der Waals surface area contributed by atoms with Gasteiger partial charge in [0.05, 0.1) is 12.8 Å². The molecule has 0 saturated carbocycles. The highest BCUT2D eigenvalue weighted by atomic mass is 35.5. The molecule has 2 aromatic carbocycles. The standard InChI is InChI=1S/C16H15ClN2O3/c1-10-6-7-14(22-2)13(8-10)19-16(21)15(20)18-12-5-3-4-11(17)9-12/h3-9H,1-2H3,(H,18,20)(H,19,21). The average Bonchev–Trinajstić information content (AvgIpc) is 2.47. The minimum absolute atomic E-state index is 0.439. The molecule has 114 valence electrons. The number of hydrogen-bond donors (Lipinski definition) is 2. The van der Waals surface area contributed by atoms with Crippen molar-refractivity contribution in [3.8, 4) is 5.75 Å². The fourth-order valence-electron chi connectivity index (χ4n) is 1.85. The quantitative estimate of drug-likeness (QED) is 0.854. The number of nitrogens with one attached hydrogen (secondary N) is 2. The second-order valence-electron chi connectivity index (χ2n) is 4.62. The Morgan fingerprint density at radius 3 is 2.45 bits per heavy atom. The summed E-state index contributed by atoms with van der Waals surface area (Å²) in [6.07, 6.45) is 0. The SMILES string of the molecule is COc1ccc(C)cc1NC(=O)C(=O)Nc1cccc(Cl)c1. The van der Waals surface area contributed by atoms with Gasteiger partial charge in [0, 0.05) is 10.7 Å². The van der Waals surface area contributed by atoms with Crippen LogP contribution < -0.4 is 15.4 Å². The van der Waals surface area contributed by atoms with Gasteiger partial charge >= 0.3 is 11.8 Å². The number of carbonyl (C=O) groups is 2. The van der Waals surface area contributed by atoms with E-state index in [1.165, 1.54) is 7.11 Å². The fourth-order valence-corrected chi connectivity index (χ4v) is 2.04.